The van der Waals surface area contributed by atoms with Crippen molar-refractivity contribution in [3.8, 4) is 0 Å². The molecule has 0 aliphatic rings. The molecule has 3 aromatic rings. The molecular weight excluding hydrogens is 378 g/mol. The molecule has 0 saturated carbocycles. The van der Waals surface area contributed by atoms with Crippen LogP contribution in [-0.2, 0) is 17.8 Å². The standard InChI is InChI=1S/C24H27N3O3/c28-22(15-7-11-19-9-3-1-4-10-19)17-23(20-12-5-2-6-13-20)26-24(29)30-18-21-14-8-16-25-27-21/h1-6,8-10,12-14,16,22-23,28H,7,11,15,17-18H2,(H,26,29). The molecule has 1 amide bonds. The average Bonchev–Trinajstić information content (AvgIpc) is 2.79. The van der Waals surface area contributed by atoms with Crippen LogP contribution >= 0.6 is 0 Å². The van der Waals surface area contributed by atoms with Crippen LogP contribution in [0.5, 0.6) is 0 Å². The number of alkyl carbamates (subject to hydrolysis) is 1. The zero-order chi connectivity index (χ0) is 21.0. The molecule has 30 heavy (non-hydrogen) atoms. The topological polar surface area (TPSA) is 84.3 Å². The van der Waals surface area contributed by atoms with Crippen molar-refractivity contribution in [1.82, 2.24) is 15.5 Å². The van der Waals surface area contributed by atoms with Crippen molar-refractivity contribution in [2.45, 2.75) is 44.4 Å². The molecule has 6 nitrogen and oxygen atoms in total. The number of carbonyl (C=O) groups is 1. The molecule has 0 fully saturated rings. The van der Waals surface area contributed by atoms with Gasteiger partial charge >= 0.3 is 6.09 Å². The second-order valence-electron chi connectivity index (χ2n) is 7.17. The number of hydrogen-bond donors (Lipinski definition) is 2. The van der Waals surface area contributed by atoms with Gasteiger partial charge in [-0.1, -0.05) is 60.7 Å². The second-order valence-corrected chi connectivity index (χ2v) is 7.17. The van der Waals surface area contributed by atoms with Gasteiger partial charge in [0.2, 0.25) is 0 Å². The van der Waals surface area contributed by atoms with Gasteiger partial charge in [-0.15, -0.1) is 0 Å². The lowest BCUT2D eigenvalue weighted by Gasteiger charge is -2.22. The molecule has 0 aliphatic carbocycles. The fraction of sp³-hybridized carbons (Fsp3) is 0.292. The summed E-state index contributed by atoms with van der Waals surface area (Å²) in [5.41, 5.74) is 2.76. The number of aryl methyl sites for hydroxylation is 1. The van der Waals surface area contributed by atoms with Gasteiger partial charge in [0.25, 0.3) is 0 Å². The lowest BCUT2D eigenvalue weighted by molar-refractivity contribution is 0.117. The SMILES string of the molecule is O=C(NC(CC(O)CCCc1ccccc1)c1ccccc1)OCc1cccnn1. The summed E-state index contributed by atoms with van der Waals surface area (Å²) in [4.78, 5) is 12.3. The molecule has 1 heterocycles. The molecule has 1 aromatic heterocycles. The van der Waals surface area contributed by atoms with E-state index in [9.17, 15) is 9.90 Å². The summed E-state index contributed by atoms with van der Waals surface area (Å²) < 4.78 is 5.27. The number of rotatable bonds is 10. The fourth-order valence-corrected chi connectivity index (χ4v) is 3.27. The van der Waals surface area contributed by atoms with Crippen molar-refractivity contribution in [2.24, 2.45) is 0 Å². The Morgan fingerprint density at radius 2 is 1.73 bits per heavy atom. The van der Waals surface area contributed by atoms with Crippen LogP contribution in [0.3, 0.4) is 0 Å². The number of nitrogens with zero attached hydrogens (tertiary/aromatic N) is 2. The molecule has 2 atom stereocenters. The average molecular weight is 405 g/mol. The molecular formula is C24H27N3O3. The van der Waals surface area contributed by atoms with E-state index in [0.717, 1.165) is 18.4 Å². The van der Waals surface area contributed by atoms with Gasteiger partial charge in [-0.05, 0) is 48.9 Å². The van der Waals surface area contributed by atoms with Crippen LogP contribution in [0.25, 0.3) is 0 Å². The normalized spacial score (nSPS) is 12.7. The largest absolute Gasteiger partial charge is 0.443 e. The van der Waals surface area contributed by atoms with Crippen molar-refractivity contribution in [1.29, 1.82) is 0 Å². The Morgan fingerprint density at radius 3 is 2.43 bits per heavy atom. The van der Waals surface area contributed by atoms with Crippen LogP contribution in [0, 0.1) is 0 Å². The molecule has 6 heteroatoms. The maximum atomic E-state index is 12.3. The summed E-state index contributed by atoms with van der Waals surface area (Å²) >= 11 is 0. The van der Waals surface area contributed by atoms with Crippen LogP contribution in [-0.4, -0.2) is 27.5 Å². The Kier molecular flexibility index (Phi) is 8.35. The minimum Gasteiger partial charge on any atom is -0.443 e. The van der Waals surface area contributed by atoms with E-state index >= 15 is 0 Å². The molecule has 0 radical (unpaired) electrons. The number of aliphatic hydroxyl groups is 1. The highest BCUT2D eigenvalue weighted by molar-refractivity contribution is 5.67. The van der Waals surface area contributed by atoms with Crippen molar-refractivity contribution in [3.63, 3.8) is 0 Å². The molecule has 2 unspecified atom stereocenters. The Balaban J connectivity index is 1.52. The van der Waals surface area contributed by atoms with Crippen LogP contribution < -0.4 is 5.32 Å². The minimum atomic E-state index is -0.550. The van der Waals surface area contributed by atoms with Gasteiger partial charge in [0.15, 0.2) is 0 Å². The van der Waals surface area contributed by atoms with E-state index in [-0.39, 0.29) is 12.6 Å². The number of benzene rings is 2. The highest BCUT2D eigenvalue weighted by Gasteiger charge is 2.19. The highest BCUT2D eigenvalue weighted by Crippen LogP contribution is 2.21. The van der Waals surface area contributed by atoms with E-state index in [1.54, 1.807) is 18.3 Å². The Morgan fingerprint density at radius 1 is 1.00 bits per heavy atom. The van der Waals surface area contributed by atoms with Crippen molar-refractivity contribution in [2.75, 3.05) is 0 Å². The summed E-state index contributed by atoms with van der Waals surface area (Å²) in [6.07, 6.45) is 3.36. The van der Waals surface area contributed by atoms with E-state index in [0.29, 0.717) is 18.5 Å². The smallest absolute Gasteiger partial charge is 0.408 e. The number of aromatic nitrogens is 2. The van der Waals surface area contributed by atoms with Gasteiger partial charge in [0.05, 0.1) is 12.1 Å². The first kappa shape index (κ1) is 21.5. The molecule has 0 saturated heterocycles. The molecule has 3 rings (SSSR count). The van der Waals surface area contributed by atoms with Crippen LogP contribution in [0.2, 0.25) is 0 Å². The molecule has 156 valence electrons. The zero-order valence-corrected chi connectivity index (χ0v) is 16.9. The molecule has 0 bridgehead atoms. The van der Waals surface area contributed by atoms with E-state index in [1.807, 2.05) is 48.5 Å². The summed E-state index contributed by atoms with van der Waals surface area (Å²) in [6, 6.07) is 23.0. The van der Waals surface area contributed by atoms with Gasteiger partial charge in [-0.25, -0.2) is 4.79 Å². The third-order valence-electron chi connectivity index (χ3n) is 4.83. The van der Waals surface area contributed by atoms with E-state index in [4.69, 9.17) is 4.74 Å². The molecule has 0 spiro atoms. The maximum Gasteiger partial charge on any atom is 0.408 e. The summed E-state index contributed by atoms with van der Waals surface area (Å²) in [6.45, 7) is 0.0425. The number of ether oxygens (including phenoxy) is 1. The van der Waals surface area contributed by atoms with Gasteiger partial charge < -0.3 is 15.2 Å². The zero-order valence-electron chi connectivity index (χ0n) is 16.9. The molecule has 0 aliphatic heterocycles. The quantitative estimate of drug-likeness (QED) is 0.528. The number of nitrogens with one attached hydrogen (secondary N) is 1. The number of aliphatic hydroxyl groups excluding tert-OH is 1. The van der Waals surface area contributed by atoms with Crippen molar-refractivity contribution in [3.05, 3.63) is 95.8 Å². The lowest BCUT2D eigenvalue weighted by atomic mass is 9.97. The van der Waals surface area contributed by atoms with Crippen molar-refractivity contribution < 1.29 is 14.6 Å². The lowest BCUT2D eigenvalue weighted by Crippen LogP contribution is -2.31. The van der Waals surface area contributed by atoms with Crippen LogP contribution in [0.4, 0.5) is 4.79 Å². The van der Waals surface area contributed by atoms with E-state index in [1.165, 1.54) is 5.56 Å². The number of carbonyl (C=O) groups excluding carboxylic acids is 1. The fourth-order valence-electron chi connectivity index (χ4n) is 3.27. The summed E-state index contributed by atoms with van der Waals surface area (Å²) in [5.74, 6) is 0. The predicted molar refractivity (Wildman–Crippen MR) is 115 cm³/mol. The van der Waals surface area contributed by atoms with Gasteiger partial charge in [0, 0.05) is 6.20 Å². The van der Waals surface area contributed by atoms with Gasteiger partial charge in [0.1, 0.15) is 12.3 Å². The first-order chi connectivity index (χ1) is 14.7. The monoisotopic (exact) mass is 405 g/mol. The van der Waals surface area contributed by atoms with Crippen LogP contribution in [0.1, 0.15) is 42.1 Å². The Bertz CT molecular complexity index is 876. The highest BCUT2D eigenvalue weighted by atomic mass is 16.5. The van der Waals surface area contributed by atoms with Crippen molar-refractivity contribution >= 4 is 6.09 Å². The van der Waals surface area contributed by atoms with E-state index < -0.39 is 12.2 Å². The van der Waals surface area contributed by atoms with Crippen LogP contribution in [0.15, 0.2) is 79.0 Å². The summed E-state index contributed by atoms with van der Waals surface area (Å²) in [7, 11) is 0. The molecule has 2 aromatic carbocycles. The van der Waals surface area contributed by atoms with Gasteiger partial charge in [-0.2, -0.15) is 10.2 Å². The predicted octanol–water partition coefficient (Wildman–Crippen LogP) is 4.22. The third kappa shape index (κ3) is 7.29. The summed E-state index contributed by atoms with van der Waals surface area (Å²) in [5, 5.41) is 21.1. The number of hydrogen-bond acceptors (Lipinski definition) is 5. The second kappa shape index (κ2) is 11.7. The van der Waals surface area contributed by atoms with E-state index in [2.05, 4.69) is 27.6 Å². The first-order valence-electron chi connectivity index (χ1n) is 10.2. The third-order valence-corrected chi connectivity index (χ3v) is 4.83. The first-order valence-corrected chi connectivity index (χ1v) is 10.2. The van der Waals surface area contributed by atoms with Gasteiger partial charge in [-0.3, -0.25) is 0 Å². The minimum absolute atomic E-state index is 0.0425. The number of amides is 1. The Labute approximate surface area is 176 Å². The Hall–Kier alpha value is -3.25. The maximum absolute atomic E-state index is 12.3. The molecule has 2 N–H and O–H groups in total.